The molecule has 2 rings (SSSR count). The average molecular weight is 251 g/mol. The smallest absolute Gasteiger partial charge is 0.124 e. The first-order valence-electron chi connectivity index (χ1n) is 5.32. The first kappa shape index (κ1) is 12.0. The highest BCUT2D eigenvalue weighted by atomic mass is 32.2. The molecule has 0 saturated heterocycles. The van der Waals surface area contributed by atoms with E-state index in [4.69, 9.17) is 5.73 Å². The third-order valence-corrected chi connectivity index (χ3v) is 3.54. The fourth-order valence-corrected chi connectivity index (χ4v) is 2.47. The van der Waals surface area contributed by atoms with Crippen LogP contribution >= 0.6 is 11.8 Å². The van der Waals surface area contributed by atoms with Crippen molar-refractivity contribution in [2.24, 2.45) is 0 Å². The summed E-state index contributed by atoms with van der Waals surface area (Å²) >= 11 is 1.55. The molecule has 0 aliphatic heterocycles. The third kappa shape index (κ3) is 3.00. The van der Waals surface area contributed by atoms with Crippen LogP contribution in [-0.4, -0.2) is 15.3 Å². The lowest BCUT2D eigenvalue weighted by Crippen LogP contribution is -2.01. The molecular weight excluding hydrogens is 237 g/mol. The molecule has 0 amide bonds. The summed E-state index contributed by atoms with van der Waals surface area (Å²) in [5.41, 5.74) is 6.40. The SMILES string of the molecule is Cc1nccn1CCSc1cc(F)ccc1N. The Morgan fingerprint density at radius 1 is 1.47 bits per heavy atom. The lowest BCUT2D eigenvalue weighted by Gasteiger charge is -2.07. The van der Waals surface area contributed by atoms with E-state index >= 15 is 0 Å². The standard InChI is InChI=1S/C12H14FN3S/c1-9-15-4-5-16(9)6-7-17-12-8-10(13)2-3-11(12)14/h2-5,8H,6-7,14H2,1H3. The molecule has 1 aromatic carbocycles. The lowest BCUT2D eigenvalue weighted by atomic mass is 10.3. The van der Waals surface area contributed by atoms with Crippen molar-refractivity contribution in [3.8, 4) is 0 Å². The highest BCUT2D eigenvalue weighted by Gasteiger charge is 2.03. The first-order chi connectivity index (χ1) is 8.16. The van der Waals surface area contributed by atoms with Crippen LogP contribution in [0.2, 0.25) is 0 Å². The zero-order valence-corrected chi connectivity index (χ0v) is 10.4. The van der Waals surface area contributed by atoms with Crippen LogP contribution in [-0.2, 0) is 6.54 Å². The van der Waals surface area contributed by atoms with Gasteiger partial charge in [0, 0.05) is 35.3 Å². The van der Waals surface area contributed by atoms with Gasteiger partial charge in [0.25, 0.3) is 0 Å². The van der Waals surface area contributed by atoms with Crippen molar-refractivity contribution in [2.75, 3.05) is 11.5 Å². The summed E-state index contributed by atoms with van der Waals surface area (Å²) in [5, 5.41) is 0. The van der Waals surface area contributed by atoms with E-state index in [0.29, 0.717) is 5.69 Å². The van der Waals surface area contributed by atoms with Crippen molar-refractivity contribution in [3.63, 3.8) is 0 Å². The van der Waals surface area contributed by atoms with Crippen LogP contribution in [0.5, 0.6) is 0 Å². The monoisotopic (exact) mass is 251 g/mol. The molecule has 0 bridgehead atoms. The number of hydrogen-bond donors (Lipinski definition) is 1. The molecule has 3 nitrogen and oxygen atoms in total. The van der Waals surface area contributed by atoms with Gasteiger partial charge >= 0.3 is 0 Å². The zero-order chi connectivity index (χ0) is 12.3. The third-order valence-electron chi connectivity index (χ3n) is 2.49. The molecule has 0 aliphatic rings. The molecule has 17 heavy (non-hydrogen) atoms. The van der Waals surface area contributed by atoms with Crippen LogP contribution in [0.15, 0.2) is 35.5 Å². The second kappa shape index (κ2) is 5.23. The minimum atomic E-state index is -0.250. The van der Waals surface area contributed by atoms with Crippen LogP contribution in [0.4, 0.5) is 10.1 Å². The highest BCUT2D eigenvalue weighted by Crippen LogP contribution is 2.25. The second-order valence-corrected chi connectivity index (χ2v) is 4.84. The molecule has 1 heterocycles. The highest BCUT2D eigenvalue weighted by molar-refractivity contribution is 7.99. The van der Waals surface area contributed by atoms with Gasteiger partial charge in [-0.2, -0.15) is 0 Å². The number of nitrogens with two attached hydrogens (primary N) is 1. The first-order valence-corrected chi connectivity index (χ1v) is 6.31. The van der Waals surface area contributed by atoms with Crippen LogP contribution in [0.3, 0.4) is 0 Å². The van der Waals surface area contributed by atoms with Gasteiger partial charge in [0.1, 0.15) is 11.6 Å². The van der Waals surface area contributed by atoms with Crippen LogP contribution in [0, 0.1) is 12.7 Å². The predicted octanol–water partition coefficient (Wildman–Crippen LogP) is 2.71. The Morgan fingerprint density at radius 3 is 3.00 bits per heavy atom. The Balaban J connectivity index is 1.94. The number of rotatable bonds is 4. The van der Waals surface area contributed by atoms with Gasteiger partial charge in [0.15, 0.2) is 0 Å². The minimum Gasteiger partial charge on any atom is -0.398 e. The summed E-state index contributed by atoms with van der Waals surface area (Å²) in [5.74, 6) is 1.57. The van der Waals surface area contributed by atoms with Gasteiger partial charge in [-0.3, -0.25) is 0 Å². The predicted molar refractivity (Wildman–Crippen MR) is 68.5 cm³/mol. The molecule has 2 N–H and O–H groups in total. The van der Waals surface area contributed by atoms with E-state index in [0.717, 1.165) is 23.0 Å². The number of imidazole rings is 1. The Bertz CT molecular complexity index is 510. The van der Waals surface area contributed by atoms with Crippen molar-refractivity contribution in [3.05, 3.63) is 42.2 Å². The molecule has 0 saturated carbocycles. The van der Waals surface area contributed by atoms with Gasteiger partial charge in [-0.25, -0.2) is 9.37 Å². The normalized spacial score (nSPS) is 10.7. The van der Waals surface area contributed by atoms with Gasteiger partial charge in [0.05, 0.1) is 0 Å². The van der Waals surface area contributed by atoms with Crippen molar-refractivity contribution in [1.82, 2.24) is 9.55 Å². The van der Waals surface area contributed by atoms with Gasteiger partial charge in [0.2, 0.25) is 0 Å². The molecule has 0 aliphatic carbocycles. The van der Waals surface area contributed by atoms with E-state index in [1.165, 1.54) is 12.1 Å². The molecular formula is C12H14FN3S. The van der Waals surface area contributed by atoms with Crippen LogP contribution in [0.25, 0.3) is 0 Å². The summed E-state index contributed by atoms with van der Waals surface area (Å²) in [6, 6.07) is 4.44. The zero-order valence-electron chi connectivity index (χ0n) is 9.56. The quantitative estimate of drug-likeness (QED) is 0.671. The van der Waals surface area contributed by atoms with Gasteiger partial charge in [-0.05, 0) is 25.1 Å². The van der Waals surface area contributed by atoms with E-state index in [1.807, 2.05) is 13.1 Å². The van der Waals surface area contributed by atoms with Crippen molar-refractivity contribution in [2.45, 2.75) is 18.4 Å². The molecule has 0 radical (unpaired) electrons. The van der Waals surface area contributed by atoms with E-state index in [2.05, 4.69) is 9.55 Å². The second-order valence-electron chi connectivity index (χ2n) is 3.70. The number of anilines is 1. The van der Waals surface area contributed by atoms with Crippen LogP contribution in [0.1, 0.15) is 5.82 Å². The molecule has 2 aromatic rings. The minimum absolute atomic E-state index is 0.250. The molecule has 5 heteroatoms. The molecule has 0 spiro atoms. The van der Waals surface area contributed by atoms with E-state index in [9.17, 15) is 4.39 Å². The Hall–Kier alpha value is -1.49. The number of nitrogens with zero attached hydrogens (tertiary/aromatic N) is 2. The Labute approximate surface area is 104 Å². The van der Waals surface area contributed by atoms with Crippen molar-refractivity contribution >= 4 is 17.4 Å². The van der Waals surface area contributed by atoms with Crippen molar-refractivity contribution in [1.29, 1.82) is 0 Å². The number of thioether (sulfide) groups is 1. The maximum atomic E-state index is 13.0. The largest absolute Gasteiger partial charge is 0.398 e. The van der Waals surface area contributed by atoms with E-state index in [-0.39, 0.29) is 5.82 Å². The topological polar surface area (TPSA) is 43.8 Å². The lowest BCUT2D eigenvalue weighted by molar-refractivity contribution is 0.624. The molecule has 0 unspecified atom stereocenters. The number of hydrogen-bond acceptors (Lipinski definition) is 3. The number of aryl methyl sites for hydroxylation is 2. The van der Waals surface area contributed by atoms with Crippen molar-refractivity contribution < 1.29 is 4.39 Å². The summed E-state index contributed by atoms with van der Waals surface area (Å²) in [6.07, 6.45) is 3.71. The number of nitrogen functional groups attached to an aromatic ring is 1. The molecule has 1 aromatic heterocycles. The maximum Gasteiger partial charge on any atom is 0.124 e. The summed E-state index contributed by atoms with van der Waals surface area (Å²) < 4.78 is 15.1. The van der Waals surface area contributed by atoms with Gasteiger partial charge in [-0.1, -0.05) is 0 Å². The summed E-state index contributed by atoms with van der Waals surface area (Å²) in [7, 11) is 0. The molecule has 0 fully saturated rings. The summed E-state index contributed by atoms with van der Waals surface area (Å²) in [6.45, 7) is 2.80. The van der Waals surface area contributed by atoms with Gasteiger partial charge < -0.3 is 10.3 Å². The van der Waals surface area contributed by atoms with E-state index in [1.54, 1.807) is 24.0 Å². The Kier molecular flexibility index (Phi) is 3.68. The molecule has 0 atom stereocenters. The Morgan fingerprint density at radius 2 is 2.29 bits per heavy atom. The van der Waals surface area contributed by atoms with Crippen LogP contribution < -0.4 is 5.73 Å². The average Bonchev–Trinajstić information content (AvgIpc) is 2.70. The number of halogens is 1. The fourth-order valence-electron chi connectivity index (χ4n) is 1.53. The van der Waals surface area contributed by atoms with Gasteiger partial charge in [-0.15, -0.1) is 11.8 Å². The fraction of sp³-hybridized carbons (Fsp3) is 0.250. The number of aromatic nitrogens is 2. The van der Waals surface area contributed by atoms with E-state index < -0.39 is 0 Å². The molecule has 90 valence electrons. The maximum absolute atomic E-state index is 13.0. The summed E-state index contributed by atoms with van der Waals surface area (Å²) in [4.78, 5) is 4.94. The number of benzene rings is 1.